The zero-order valence-corrected chi connectivity index (χ0v) is 11.1. The van der Waals surface area contributed by atoms with Crippen LogP contribution < -0.4 is 5.32 Å². The second kappa shape index (κ2) is 5.96. The number of carbonyl (C=O) groups is 1. The number of ether oxygens (including phenoxy) is 1. The summed E-state index contributed by atoms with van der Waals surface area (Å²) in [6, 6.07) is 2.64. The van der Waals surface area contributed by atoms with Crippen molar-refractivity contribution in [2.24, 2.45) is 0 Å². The van der Waals surface area contributed by atoms with Gasteiger partial charge in [0.1, 0.15) is 12.4 Å². The molecule has 0 unspecified atom stereocenters. The third-order valence-electron chi connectivity index (χ3n) is 3.31. The molecule has 2 aromatic rings. The van der Waals surface area contributed by atoms with Gasteiger partial charge in [-0.05, 0) is 25.0 Å². The summed E-state index contributed by atoms with van der Waals surface area (Å²) in [5, 5.41) is 9.18. The van der Waals surface area contributed by atoms with Gasteiger partial charge in [0.2, 0.25) is 0 Å². The van der Waals surface area contributed by atoms with Crippen LogP contribution in [0.5, 0.6) is 0 Å². The Morgan fingerprint density at radius 3 is 3.14 bits per heavy atom. The smallest absolute Gasteiger partial charge is 0.273 e. The Morgan fingerprint density at radius 1 is 1.48 bits per heavy atom. The maximum Gasteiger partial charge on any atom is 0.273 e. The fraction of sp³-hybridized carbons (Fsp3) is 0.385. The lowest BCUT2D eigenvalue weighted by Gasteiger charge is -2.13. The third kappa shape index (κ3) is 3.05. The van der Waals surface area contributed by atoms with Crippen LogP contribution in [0, 0.1) is 5.82 Å². The van der Waals surface area contributed by atoms with E-state index in [1.165, 1.54) is 24.7 Å². The second-order valence-corrected chi connectivity index (χ2v) is 4.74. The summed E-state index contributed by atoms with van der Waals surface area (Å²) in [4.78, 5) is 19.6. The number of amides is 1. The number of aromatic nitrogens is 4. The number of hydrogen-bond donors (Lipinski definition) is 2. The maximum atomic E-state index is 13.4. The van der Waals surface area contributed by atoms with Crippen LogP contribution in [0.4, 0.5) is 4.39 Å². The lowest BCUT2D eigenvalue weighted by molar-refractivity contribution is 0.0391. The number of hydrogen-bond acceptors (Lipinski definition) is 5. The molecule has 0 aliphatic carbocycles. The van der Waals surface area contributed by atoms with Gasteiger partial charge in [0.05, 0.1) is 6.10 Å². The standard InChI is InChI=1S/C13H14FN5O2/c14-9-2-1-5-15-11(9)13(20)16-6-8-3-4-10(21-8)12-17-7-18-19-12/h1-2,5,7-8,10H,3-4,6H2,(H,16,20)(H,17,18,19)/t8-,10+/m1/s1. The first-order valence-corrected chi connectivity index (χ1v) is 6.63. The van der Waals surface area contributed by atoms with Crippen LogP contribution in [-0.2, 0) is 4.74 Å². The first-order valence-electron chi connectivity index (χ1n) is 6.63. The summed E-state index contributed by atoms with van der Waals surface area (Å²) < 4.78 is 19.2. The van der Waals surface area contributed by atoms with E-state index in [1.54, 1.807) is 0 Å². The average molecular weight is 291 g/mol. The van der Waals surface area contributed by atoms with Gasteiger partial charge in [-0.25, -0.2) is 14.4 Å². The maximum absolute atomic E-state index is 13.4. The topological polar surface area (TPSA) is 92.8 Å². The monoisotopic (exact) mass is 291 g/mol. The van der Waals surface area contributed by atoms with E-state index >= 15 is 0 Å². The first-order chi connectivity index (χ1) is 10.2. The molecule has 3 rings (SSSR count). The lowest BCUT2D eigenvalue weighted by atomic mass is 10.2. The molecule has 1 fully saturated rings. The second-order valence-electron chi connectivity index (χ2n) is 4.74. The van der Waals surface area contributed by atoms with Crippen molar-refractivity contribution in [3.63, 3.8) is 0 Å². The van der Waals surface area contributed by atoms with Crippen molar-refractivity contribution in [2.45, 2.75) is 25.0 Å². The van der Waals surface area contributed by atoms with Gasteiger partial charge in [-0.15, -0.1) is 0 Å². The van der Waals surface area contributed by atoms with Gasteiger partial charge in [0.25, 0.3) is 5.91 Å². The van der Waals surface area contributed by atoms with E-state index in [-0.39, 0.29) is 17.9 Å². The molecule has 1 saturated heterocycles. The van der Waals surface area contributed by atoms with Crippen molar-refractivity contribution in [2.75, 3.05) is 6.54 Å². The highest BCUT2D eigenvalue weighted by molar-refractivity contribution is 5.92. The fourth-order valence-corrected chi connectivity index (χ4v) is 2.27. The van der Waals surface area contributed by atoms with Crippen molar-refractivity contribution < 1.29 is 13.9 Å². The summed E-state index contributed by atoms with van der Waals surface area (Å²) in [5.74, 6) is -0.499. The molecule has 1 aliphatic heterocycles. The number of H-pyrrole nitrogens is 1. The number of rotatable bonds is 4. The van der Waals surface area contributed by atoms with E-state index < -0.39 is 11.7 Å². The van der Waals surface area contributed by atoms with Gasteiger partial charge in [-0.3, -0.25) is 9.89 Å². The van der Waals surface area contributed by atoms with E-state index in [2.05, 4.69) is 25.5 Å². The van der Waals surface area contributed by atoms with Crippen LogP contribution in [-0.4, -0.2) is 38.7 Å². The SMILES string of the molecule is O=C(NC[C@H]1CC[C@@H](c2ncn[nH]2)O1)c1ncccc1F. The van der Waals surface area contributed by atoms with Gasteiger partial charge in [0, 0.05) is 12.7 Å². The van der Waals surface area contributed by atoms with E-state index in [4.69, 9.17) is 4.74 Å². The minimum atomic E-state index is -0.637. The van der Waals surface area contributed by atoms with Gasteiger partial charge < -0.3 is 10.1 Å². The Labute approximate surface area is 119 Å². The minimum Gasteiger partial charge on any atom is -0.365 e. The Kier molecular flexibility index (Phi) is 3.87. The predicted molar refractivity (Wildman–Crippen MR) is 69.8 cm³/mol. The molecule has 8 heteroatoms. The molecular formula is C13H14FN5O2. The Bertz CT molecular complexity index is 619. The zero-order chi connectivity index (χ0) is 14.7. The summed E-state index contributed by atoms with van der Waals surface area (Å²) in [7, 11) is 0. The average Bonchev–Trinajstić information content (AvgIpc) is 3.16. The van der Waals surface area contributed by atoms with Gasteiger partial charge in [-0.1, -0.05) is 0 Å². The molecule has 2 aromatic heterocycles. The molecule has 0 radical (unpaired) electrons. The highest BCUT2D eigenvalue weighted by Crippen LogP contribution is 2.29. The number of nitrogens with one attached hydrogen (secondary N) is 2. The minimum absolute atomic E-state index is 0.129. The lowest BCUT2D eigenvalue weighted by Crippen LogP contribution is -2.33. The van der Waals surface area contributed by atoms with Crippen molar-refractivity contribution in [1.29, 1.82) is 0 Å². The Morgan fingerprint density at radius 2 is 2.38 bits per heavy atom. The summed E-state index contributed by atoms with van der Waals surface area (Å²) in [6.07, 6.45) is 4.13. The molecule has 0 bridgehead atoms. The van der Waals surface area contributed by atoms with Crippen molar-refractivity contribution in [3.05, 3.63) is 42.0 Å². The third-order valence-corrected chi connectivity index (χ3v) is 3.31. The van der Waals surface area contributed by atoms with Crippen molar-refractivity contribution in [3.8, 4) is 0 Å². The molecule has 0 spiro atoms. The predicted octanol–water partition coefficient (Wildman–Crippen LogP) is 0.989. The molecule has 21 heavy (non-hydrogen) atoms. The number of aromatic amines is 1. The van der Waals surface area contributed by atoms with Gasteiger partial charge in [0.15, 0.2) is 17.3 Å². The quantitative estimate of drug-likeness (QED) is 0.876. The number of carbonyl (C=O) groups excluding carboxylic acids is 1. The molecule has 3 heterocycles. The highest BCUT2D eigenvalue weighted by atomic mass is 19.1. The summed E-state index contributed by atoms with van der Waals surface area (Å²) >= 11 is 0. The largest absolute Gasteiger partial charge is 0.365 e. The molecule has 1 aliphatic rings. The van der Waals surface area contributed by atoms with Gasteiger partial charge >= 0.3 is 0 Å². The van der Waals surface area contributed by atoms with Crippen LogP contribution in [0.25, 0.3) is 0 Å². The van der Waals surface area contributed by atoms with Crippen LogP contribution in [0.15, 0.2) is 24.7 Å². The molecule has 1 amide bonds. The molecule has 2 atom stereocenters. The van der Waals surface area contributed by atoms with E-state index in [0.717, 1.165) is 12.8 Å². The molecule has 7 nitrogen and oxygen atoms in total. The molecule has 110 valence electrons. The van der Waals surface area contributed by atoms with Gasteiger partial charge in [-0.2, -0.15) is 5.10 Å². The summed E-state index contributed by atoms with van der Waals surface area (Å²) in [6.45, 7) is 0.305. The Balaban J connectivity index is 1.52. The van der Waals surface area contributed by atoms with E-state index in [1.807, 2.05) is 0 Å². The fourth-order valence-electron chi connectivity index (χ4n) is 2.27. The van der Waals surface area contributed by atoms with Crippen LogP contribution in [0.1, 0.15) is 35.3 Å². The molecule has 0 aromatic carbocycles. The Hall–Kier alpha value is -2.35. The first kappa shape index (κ1) is 13.6. The summed E-state index contributed by atoms with van der Waals surface area (Å²) in [5.41, 5.74) is -0.206. The number of halogens is 1. The van der Waals surface area contributed by atoms with E-state index in [9.17, 15) is 9.18 Å². The van der Waals surface area contributed by atoms with E-state index in [0.29, 0.717) is 12.4 Å². The van der Waals surface area contributed by atoms with Crippen molar-refractivity contribution >= 4 is 5.91 Å². The van der Waals surface area contributed by atoms with Crippen LogP contribution in [0.3, 0.4) is 0 Å². The normalized spacial score (nSPS) is 21.4. The highest BCUT2D eigenvalue weighted by Gasteiger charge is 2.28. The van der Waals surface area contributed by atoms with Crippen molar-refractivity contribution in [1.82, 2.24) is 25.5 Å². The van der Waals surface area contributed by atoms with Crippen LogP contribution >= 0.6 is 0 Å². The number of pyridine rings is 1. The van der Waals surface area contributed by atoms with Crippen LogP contribution in [0.2, 0.25) is 0 Å². The molecule has 0 saturated carbocycles. The number of nitrogens with zero attached hydrogens (tertiary/aromatic N) is 3. The molecule has 2 N–H and O–H groups in total. The molecular weight excluding hydrogens is 277 g/mol. The zero-order valence-electron chi connectivity index (χ0n) is 11.1.